The fourth-order valence-corrected chi connectivity index (χ4v) is 3.67. The predicted octanol–water partition coefficient (Wildman–Crippen LogP) is 4.01. The van der Waals surface area contributed by atoms with Gasteiger partial charge in [0, 0.05) is 43.2 Å². The molecule has 0 N–H and O–H groups in total. The maximum absolute atomic E-state index is 13.1. The molecule has 0 aliphatic carbocycles. The molecule has 0 bridgehead atoms. The standard InChI is InChI=1S/C24H21N3O5/c1-25(2)18-9-11-19(12-10-18)26-22(17-5-7-20(8-6-17)27(30)31)23(24(26)29)32-21-13-3-16(15-28)4-14-21/h3-15,22-23H,1-2H3/t22-,23+/m0/s1. The van der Waals surface area contributed by atoms with Gasteiger partial charge in [0.2, 0.25) is 6.10 Å². The molecule has 4 rings (SSSR count). The van der Waals surface area contributed by atoms with Gasteiger partial charge in [-0.3, -0.25) is 24.6 Å². The number of nitrogens with zero attached hydrogens (tertiary/aromatic N) is 3. The van der Waals surface area contributed by atoms with E-state index < -0.39 is 17.1 Å². The Balaban J connectivity index is 1.66. The van der Waals surface area contributed by atoms with E-state index in [1.54, 1.807) is 41.3 Å². The van der Waals surface area contributed by atoms with Crippen molar-refractivity contribution in [2.45, 2.75) is 12.1 Å². The van der Waals surface area contributed by atoms with Gasteiger partial charge < -0.3 is 9.64 Å². The molecule has 2 atom stereocenters. The number of β-lactam (4-membered cyclic amide) rings is 1. The van der Waals surface area contributed by atoms with Crippen LogP contribution in [0, 0.1) is 10.1 Å². The van der Waals surface area contributed by atoms with Crippen LogP contribution < -0.4 is 14.5 Å². The average molecular weight is 431 g/mol. The zero-order chi connectivity index (χ0) is 22.8. The maximum atomic E-state index is 13.1. The Labute approximate surface area is 184 Å². The summed E-state index contributed by atoms with van der Waals surface area (Å²) in [6, 6.07) is 19.7. The SMILES string of the molecule is CN(C)c1ccc(N2C(=O)[C@H](Oc3ccc(C=O)cc3)[C@@H]2c2ccc([N+](=O)[O-])cc2)cc1. The summed E-state index contributed by atoms with van der Waals surface area (Å²) >= 11 is 0. The first kappa shape index (κ1) is 21.0. The van der Waals surface area contributed by atoms with Crippen LogP contribution in [0.5, 0.6) is 5.75 Å². The summed E-state index contributed by atoms with van der Waals surface area (Å²) in [7, 11) is 3.87. The van der Waals surface area contributed by atoms with Crippen LogP contribution in [0.3, 0.4) is 0 Å². The molecule has 32 heavy (non-hydrogen) atoms. The van der Waals surface area contributed by atoms with Gasteiger partial charge in [0.05, 0.1) is 4.92 Å². The Morgan fingerprint density at radius 3 is 2.12 bits per heavy atom. The molecule has 162 valence electrons. The van der Waals surface area contributed by atoms with Gasteiger partial charge in [-0.2, -0.15) is 0 Å². The molecule has 1 aliphatic heterocycles. The second-order valence-corrected chi connectivity index (χ2v) is 7.64. The number of nitro benzene ring substituents is 1. The Morgan fingerprint density at radius 2 is 1.59 bits per heavy atom. The van der Waals surface area contributed by atoms with E-state index in [1.165, 1.54) is 12.1 Å². The third-order valence-electron chi connectivity index (χ3n) is 5.41. The summed E-state index contributed by atoms with van der Waals surface area (Å²) in [5.74, 6) is 0.244. The summed E-state index contributed by atoms with van der Waals surface area (Å²) in [6.07, 6.45) is -0.0658. The summed E-state index contributed by atoms with van der Waals surface area (Å²) < 4.78 is 5.97. The minimum Gasteiger partial charge on any atom is -0.478 e. The van der Waals surface area contributed by atoms with Crippen molar-refractivity contribution >= 4 is 29.3 Å². The minimum atomic E-state index is -0.799. The van der Waals surface area contributed by atoms with E-state index in [4.69, 9.17) is 4.74 Å². The molecule has 0 unspecified atom stereocenters. The van der Waals surface area contributed by atoms with Gasteiger partial charge in [0.15, 0.2) is 0 Å². The predicted molar refractivity (Wildman–Crippen MR) is 120 cm³/mol. The van der Waals surface area contributed by atoms with Gasteiger partial charge in [-0.1, -0.05) is 0 Å². The van der Waals surface area contributed by atoms with Crippen molar-refractivity contribution in [3.8, 4) is 5.75 Å². The smallest absolute Gasteiger partial charge is 0.271 e. The first-order valence-corrected chi connectivity index (χ1v) is 9.96. The van der Waals surface area contributed by atoms with Crippen LogP contribution in [0.15, 0.2) is 72.8 Å². The highest BCUT2D eigenvalue weighted by molar-refractivity contribution is 6.05. The van der Waals surface area contributed by atoms with E-state index in [1.807, 2.05) is 43.3 Å². The Morgan fingerprint density at radius 1 is 0.969 bits per heavy atom. The van der Waals surface area contributed by atoms with Crippen LogP contribution >= 0.6 is 0 Å². The molecular weight excluding hydrogens is 410 g/mol. The van der Waals surface area contributed by atoms with Gasteiger partial charge in [-0.05, 0) is 66.2 Å². The lowest BCUT2D eigenvalue weighted by Crippen LogP contribution is -2.61. The largest absolute Gasteiger partial charge is 0.478 e. The molecule has 0 radical (unpaired) electrons. The molecule has 8 nitrogen and oxygen atoms in total. The number of non-ortho nitro benzene ring substituents is 1. The Hall–Kier alpha value is -4.20. The van der Waals surface area contributed by atoms with Crippen LogP contribution in [-0.4, -0.2) is 37.3 Å². The number of amides is 1. The molecule has 1 fully saturated rings. The van der Waals surface area contributed by atoms with Crippen molar-refractivity contribution in [3.63, 3.8) is 0 Å². The minimum absolute atomic E-state index is 0.0248. The second kappa shape index (κ2) is 8.50. The number of rotatable bonds is 7. The number of carbonyl (C=O) groups is 2. The zero-order valence-electron chi connectivity index (χ0n) is 17.5. The third kappa shape index (κ3) is 3.90. The van der Waals surface area contributed by atoms with E-state index >= 15 is 0 Å². The number of nitro groups is 1. The maximum Gasteiger partial charge on any atom is 0.271 e. The van der Waals surface area contributed by atoms with E-state index in [0.717, 1.165) is 17.5 Å². The summed E-state index contributed by atoms with van der Waals surface area (Å²) in [5, 5.41) is 11.0. The van der Waals surface area contributed by atoms with Crippen LogP contribution in [0.2, 0.25) is 0 Å². The highest BCUT2D eigenvalue weighted by atomic mass is 16.6. The molecule has 8 heteroatoms. The van der Waals surface area contributed by atoms with E-state index in [0.29, 0.717) is 17.0 Å². The lowest BCUT2D eigenvalue weighted by molar-refractivity contribution is -0.384. The van der Waals surface area contributed by atoms with Crippen LogP contribution in [0.4, 0.5) is 17.1 Å². The molecule has 1 saturated heterocycles. The molecular formula is C24H21N3O5. The Bertz CT molecular complexity index is 1140. The van der Waals surface area contributed by atoms with Crippen LogP contribution in [0.25, 0.3) is 0 Å². The zero-order valence-corrected chi connectivity index (χ0v) is 17.5. The van der Waals surface area contributed by atoms with Crippen molar-refractivity contribution in [2.75, 3.05) is 23.9 Å². The molecule has 1 heterocycles. The highest BCUT2D eigenvalue weighted by Crippen LogP contribution is 2.42. The van der Waals surface area contributed by atoms with E-state index in [2.05, 4.69) is 0 Å². The quantitative estimate of drug-likeness (QED) is 0.243. The number of ether oxygens (including phenoxy) is 1. The normalized spacial score (nSPS) is 17.4. The molecule has 1 amide bonds. The van der Waals surface area contributed by atoms with Crippen molar-refractivity contribution < 1.29 is 19.2 Å². The highest BCUT2D eigenvalue weighted by Gasteiger charge is 2.51. The average Bonchev–Trinajstić information content (AvgIpc) is 2.81. The molecule has 3 aromatic rings. The van der Waals surface area contributed by atoms with Crippen molar-refractivity contribution in [2.24, 2.45) is 0 Å². The van der Waals surface area contributed by atoms with Gasteiger partial charge in [0.1, 0.15) is 18.1 Å². The molecule has 1 aliphatic rings. The fraction of sp³-hybridized carbons (Fsp3) is 0.167. The van der Waals surface area contributed by atoms with E-state index in [9.17, 15) is 19.7 Å². The molecule has 0 saturated carbocycles. The van der Waals surface area contributed by atoms with Crippen molar-refractivity contribution in [3.05, 3.63) is 94.0 Å². The number of hydrogen-bond donors (Lipinski definition) is 0. The molecule has 0 aromatic heterocycles. The second-order valence-electron chi connectivity index (χ2n) is 7.64. The van der Waals surface area contributed by atoms with E-state index in [-0.39, 0.29) is 11.6 Å². The summed E-state index contributed by atoms with van der Waals surface area (Å²) in [6.45, 7) is 0. The number of carbonyl (C=O) groups excluding carboxylic acids is 2. The van der Waals surface area contributed by atoms with Gasteiger partial charge >= 0.3 is 0 Å². The lowest BCUT2D eigenvalue weighted by atomic mass is 9.89. The number of anilines is 2. The number of benzene rings is 3. The first-order chi connectivity index (χ1) is 15.4. The van der Waals surface area contributed by atoms with Gasteiger partial charge in [-0.15, -0.1) is 0 Å². The fourth-order valence-electron chi connectivity index (χ4n) is 3.67. The topological polar surface area (TPSA) is 93.0 Å². The molecule has 3 aromatic carbocycles. The summed E-state index contributed by atoms with van der Waals surface area (Å²) in [4.78, 5) is 38.1. The van der Waals surface area contributed by atoms with Crippen molar-refractivity contribution in [1.82, 2.24) is 0 Å². The van der Waals surface area contributed by atoms with Crippen molar-refractivity contribution in [1.29, 1.82) is 0 Å². The van der Waals surface area contributed by atoms with Crippen LogP contribution in [-0.2, 0) is 4.79 Å². The van der Waals surface area contributed by atoms with Gasteiger partial charge in [-0.25, -0.2) is 0 Å². The van der Waals surface area contributed by atoms with Crippen LogP contribution in [0.1, 0.15) is 22.0 Å². The first-order valence-electron chi connectivity index (χ1n) is 9.96. The third-order valence-corrected chi connectivity index (χ3v) is 5.41. The Kier molecular flexibility index (Phi) is 5.59. The number of hydrogen-bond acceptors (Lipinski definition) is 6. The number of aldehydes is 1. The lowest BCUT2D eigenvalue weighted by Gasteiger charge is -2.46. The summed E-state index contributed by atoms with van der Waals surface area (Å²) in [5.41, 5.74) is 2.91. The van der Waals surface area contributed by atoms with Gasteiger partial charge in [0.25, 0.3) is 11.6 Å². The molecule has 0 spiro atoms. The monoisotopic (exact) mass is 431 g/mol.